The summed E-state index contributed by atoms with van der Waals surface area (Å²) in [6.07, 6.45) is 1.31. The first-order valence-electron chi connectivity index (χ1n) is 9.17. The first-order chi connectivity index (χ1) is 14.0. The van der Waals surface area contributed by atoms with E-state index in [1.54, 1.807) is 20.8 Å². The second-order valence-corrected chi connectivity index (χ2v) is 7.03. The summed E-state index contributed by atoms with van der Waals surface area (Å²) in [6.45, 7) is 5.87. The average Bonchev–Trinajstić information content (AvgIpc) is 2.67. The average molecular weight is 678 g/mol. The van der Waals surface area contributed by atoms with Gasteiger partial charge in [-0.05, 0) is 27.7 Å². The van der Waals surface area contributed by atoms with Crippen LogP contribution in [0.25, 0.3) is 0 Å². The molecule has 178 valence electrons. The first-order valence-corrected chi connectivity index (χ1v) is 9.17. The van der Waals surface area contributed by atoms with Crippen LogP contribution in [-0.4, -0.2) is 61.9 Å². The van der Waals surface area contributed by atoms with E-state index in [1.165, 1.54) is 12.0 Å². The molecule has 0 aliphatic heterocycles. The van der Waals surface area contributed by atoms with Gasteiger partial charge in [0.15, 0.2) is 0 Å². The van der Waals surface area contributed by atoms with Crippen LogP contribution in [0.2, 0.25) is 0 Å². The van der Waals surface area contributed by atoms with Crippen molar-refractivity contribution in [2.45, 2.75) is 33.3 Å². The third-order valence-electron chi connectivity index (χ3n) is 3.00. The Hall–Kier alpha value is -4.43. The van der Waals surface area contributed by atoms with Crippen LogP contribution in [-0.2, 0) is 28.7 Å². The molecular formula is C20H29FmN4O6-. The molecule has 1 aromatic carbocycles. The molecule has 0 aliphatic carbocycles. The first kappa shape index (κ1) is 28.8. The largest absolute Gasteiger partial charge is 0.522 e. The Kier molecular flexibility index (Phi) is 14.4. The van der Waals surface area contributed by atoms with Crippen LogP contribution in [0.5, 0.6) is 0 Å². The van der Waals surface area contributed by atoms with Crippen LogP contribution in [0.1, 0.15) is 26.3 Å². The van der Waals surface area contributed by atoms with E-state index in [-0.39, 0.29) is 26.2 Å². The number of hydrogen-bond acceptors (Lipinski definition) is 6. The predicted octanol–water partition coefficient (Wildman–Crippen LogP) is -0.671. The summed E-state index contributed by atoms with van der Waals surface area (Å²) in [4.78, 5) is 55.1. The third kappa shape index (κ3) is 18.7. The number of amides is 4. The van der Waals surface area contributed by atoms with Crippen molar-refractivity contribution in [2.24, 2.45) is 0 Å². The molecule has 0 aromatic heterocycles. The normalized spacial score (nSPS) is 9.55. The SMILES string of the molecule is CC(C)(C)OC(=O)CNC(=O)CNC(=O)CNC(=O)CN[C-]=O.Cc1ccccc1.[Fm]. The molecule has 0 saturated heterocycles. The molecule has 4 amide bonds. The number of nitrogens with one attached hydrogen (secondary N) is 4. The van der Waals surface area contributed by atoms with Gasteiger partial charge >= 0.3 is 5.97 Å². The van der Waals surface area contributed by atoms with Gasteiger partial charge in [-0.3, -0.25) is 19.2 Å². The van der Waals surface area contributed by atoms with Gasteiger partial charge in [-0.1, -0.05) is 35.9 Å². The van der Waals surface area contributed by atoms with Gasteiger partial charge in [0.2, 0.25) is 17.7 Å². The zero-order valence-electron chi connectivity index (χ0n) is 18.0. The summed E-state index contributed by atoms with van der Waals surface area (Å²) in [5.41, 5.74) is 0.674. The molecule has 0 radical (unpaired) electrons. The summed E-state index contributed by atoms with van der Waals surface area (Å²) >= 11 is 0. The molecule has 4 N–H and O–H groups in total. The number of aryl methyl sites for hydroxylation is 1. The Labute approximate surface area is 176 Å². The zero-order chi connectivity index (χ0) is 23.0. The Morgan fingerprint density at radius 3 is 1.68 bits per heavy atom. The maximum Gasteiger partial charge on any atom is 0.325 e. The number of esters is 1. The van der Waals surface area contributed by atoms with Crippen LogP contribution < -0.4 is 21.3 Å². The minimum absolute atomic E-state index is 0. The topological polar surface area (TPSA) is 143 Å². The van der Waals surface area contributed by atoms with Gasteiger partial charge in [0.1, 0.15) is 12.1 Å². The van der Waals surface area contributed by atoms with Crippen molar-refractivity contribution in [1.29, 1.82) is 0 Å². The van der Waals surface area contributed by atoms with E-state index < -0.39 is 29.3 Å². The molecule has 1 aromatic rings. The van der Waals surface area contributed by atoms with Gasteiger partial charge in [-0.25, -0.2) is 0 Å². The fraction of sp³-hybridized carbons (Fsp3) is 0.450. The van der Waals surface area contributed by atoms with Crippen LogP contribution in [0.4, 0.5) is 0 Å². The number of ether oxygens (including phenoxy) is 1. The minimum atomic E-state index is -0.648. The molecule has 0 bridgehead atoms. The van der Waals surface area contributed by atoms with Crippen LogP contribution in [0.3, 0.4) is 0 Å². The Balaban J connectivity index is 0. The molecule has 0 spiro atoms. The molecule has 0 atom stereocenters. The van der Waals surface area contributed by atoms with Crippen molar-refractivity contribution in [2.75, 3.05) is 26.2 Å². The van der Waals surface area contributed by atoms with Gasteiger partial charge in [0.25, 0.3) is 0 Å². The van der Waals surface area contributed by atoms with E-state index in [0.717, 1.165) is 0 Å². The fourth-order valence-electron chi connectivity index (χ4n) is 1.74. The fourth-order valence-corrected chi connectivity index (χ4v) is 1.74. The number of rotatable bonds is 9. The van der Waals surface area contributed by atoms with Crippen LogP contribution >= 0.6 is 0 Å². The van der Waals surface area contributed by atoms with E-state index in [1.807, 2.05) is 23.5 Å². The smallest absolute Gasteiger partial charge is 0.325 e. The monoisotopic (exact) mass is 678 g/mol. The Bertz CT molecular complexity index is 707. The minimum Gasteiger partial charge on any atom is -0.522 e. The van der Waals surface area contributed by atoms with Crippen molar-refractivity contribution in [1.82, 2.24) is 21.3 Å². The molecular weight excluding hydrogens is 649 g/mol. The molecule has 0 unspecified atom stereocenters. The number of carbonyl (C=O) groups is 4. The molecule has 11 heteroatoms. The second-order valence-electron chi connectivity index (χ2n) is 7.03. The van der Waals surface area contributed by atoms with E-state index >= 15 is 0 Å². The summed E-state index contributed by atoms with van der Waals surface area (Å²) in [6, 6.07) is 10.3. The van der Waals surface area contributed by atoms with Gasteiger partial charge in [-0.2, -0.15) is 6.41 Å². The maximum atomic E-state index is 11.4. The van der Waals surface area contributed by atoms with Gasteiger partial charge < -0.3 is 30.8 Å². The Morgan fingerprint density at radius 2 is 1.29 bits per heavy atom. The summed E-state index contributed by atoms with van der Waals surface area (Å²) in [7, 11) is 0. The van der Waals surface area contributed by atoms with Crippen LogP contribution in [0, 0.1) is 6.92 Å². The Morgan fingerprint density at radius 1 is 0.839 bits per heavy atom. The molecule has 0 aliphatic rings. The summed E-state index contributed by atoms with van der Waals surface area (Å²) in [5.74, 6) is -2.34. The molecule has 1 rings (SSSR count). The summed E-state index contributed by atoms with van der Waals surface area (Å²) < 4.78 is 4.99. The van der Waals surface area contributed by atoms with Crippen molar-refractivity contribution in [3.63, 3.8) is 0 Å². The number of hydrogen-bond donors (Lipinski definition) is 4. The van der Waals surface area contributed by atoms with Crippen LogP contribution in [0.15, 0.2) is 30.3 Å². The summed E-state index contributed by atoms with van der Waals surface area (Å²) in [5, 5.41) is 8.76. The maximum absolute atomic E-state index is 11.4. The van der Waals surface area contributed by atoms with Gasteiger partial charge in [0.05, 0.1) is 19.6 Å². The predicted molar refractivity (Wildman–Crippen MR) is 110 cm³/mol. The molecule has 0 saturated carbocycles. The second kappa shape index (κ2) is 15.5. The van der Waals surface area contributed by atoms with E-state index in [2.05, 4.69) is 35.0 Å². The van der Waals surface area contributed by atoms with Crippen molar-refractivity contribution in [3.8, 4) is 0 Å². The molecule has 0 fully saturated rings. The van der Waals surface area contributed by atoms with E-state index in [0.29, 0.717) is 0 Å². The van der Waals surface area contributed by atoms with E-state index in [9.17, 15) is 24.0 Å². The van der Waals surface area contributed by atoms with E-state index in [4.69, 9.17) is 4.74 Å². The molecule has 10 nitrogen and oxygen atoms in total. The molecule has 31 heavy (non-hydrogen) atoms. The van der Waals surface area contributed by atoms with Crippen molar-refractivity contribution in [3.05, 3.63) is 35.9 Å². The van der Waals surface area contributed by atoms with Gasteiger partial charge in [0, 0.05) is 0 Å². The quantitative estimate of drug-likeness (QED) is 0.155. The standard InChI is InChI=1S/C13H21N4O6.C7H8.Fm/c1-13(2,3)23-12(22)7-17-11(21)6-16-10(20)5-15-9(19)4-14-8-18;1-7-5-3-2-4-6-7;/h4-7H2,1-3H3,(H,14,18)(H,15,19)(H,16,20)(H,17,21);2-6H,1H3;/q-1;;. The zero-order valence-corrected chi connectivity index (χ0v) is 20.4. The molecule has 0 heterocycles. The van der Waals surface area contributed by atoms with Crippen molar-refractivity contribution < 1.29 is 28.7 Å². The number of benzene rings is 1. The van der Waals surface area contributed by atoms with Crippen molar-refractivity contribution >= 4 is 30.1 Å². The van der Waals surface area contributed by atoms with Gasteiger partial charge in [-0.15, -0.1) is 0 Å². The number of carbonyl (C=O) groups excluding carboxylic acids is 5. The third-order valence-corrected chi connectivity index (χ3v) is 3.00.